The molecule has 0 bridgehead atoms. The number of para-hydroxylation sites is 2. The van der Waals surface area contributed by atoms with Crippen molar-refractivity contribution in [3.8, 4) is 5.75 Å². The van der Waals surface area contributed by atoms with Crippen LogP contribution in [0.15, 0.2) is 66.4 Å². The molecule has 0 amide bonds. The Kier molecular flexibility index (Phi) is 6.24. The molecule has 0 saturated carbocycles. The summed E-state index contributed by atoms with van der Waals surface area (Å²) in [6, 6.07) is 17.6. The molecule has 4 heteroatoms. The van der Waals surface area contributed by atoms with Crippen molar-refractivity contribution in [1.82, 2.24) is 0 Å². The Labute approximate surface area is 136 Å². The van der Waals surface area contributed by atoms with E-state index >= 15 is 0 Å². The molecule has 0 radical (unpaired) electrons. The van der Waals surface area contributed by atoms with Gasteiger partial charge >= 0.3 is 5.97 Å². The van der Waals surface area contributed by atoms with Crippen molar-refractivity contribution in [2.45, 2.75) is 20.5 Å². The van der Waals surface area contributed by atoms with E-state index in [1.165, 1.54) is 6.08 Å². The highest BCUT2D eigenvalue weighted by atomic mass is 16.5. The topological polar surface area (TPSA) is 47.6 Å². The zero-order valence-electron chi connectivity index (χ0n) is 13.4. The number of rotatable bonds is 7. The lowest BCUT2D eigenvalue weighted by atomic mass is 10.2. The van der Waals surface area contributed by atoms with E-state index in [1.807, 2.05) is 61.5 Å². The molecule has 120 valence electrons. The summed E-state index contributed by atoms with van der Waals surface area (Å²) in [6.07, 6.45) is 1.43. The van der Waals surface area contributed by atoms with Gasteiger partial charge in [0.05, 0.1) is 12.3 Å². The fourth-order valence-corrected chi connectivity index (χ4v) is 2.04. The van der Waals surface area contributed by atoms with E-state index in [-0.39, 0.29) is 5.97 Å². The van der Waals surface area contributed by atoms with Gasteiger partial charge < -0.3 is 14.8 Å². The molecule has 2 aromatic carbocycles. The second kappa shape index (κ2) is 8.63. The Hall–Kier alpha value is -2.75. The molecule has 0 heterocycles. The number of carbonyl (C=O) groups is 1. The van der Waals surface area contributed by atoms with Crippen LogP contribution in [0, 0.1) is 0 Å². The molecule has 0 unspecified atom stereocenters. The number of hydrogen-bond acceptors (Lipinski definition) is 4. The van der Waals surface area contributed by atoms with Crippen LogP contribution in [0.4, 0.5) is 5.69 Å². The van der Waals surface area contributed by atoms with Gasteiger partial charge in [-0.15, -0.1) is 0 Å². The predicted octanol–water partition coefficient (Wildman–Crippen LogP) is 4.14. The average Bonchev–Trinajstić information content (AvgIpc) is 2.55. The Morgan fingerprint density at radius 3 is 2.52 bits per heavy atom. The Balaban J connectivity index is 2.04. The number of nitrogens with one attached hydrogen (secondary N) is 1. The van der Waals surface area contributed by atoms with Crippen LogP contribution in [0.5, 0.6) is 5.75 Å². The van der Waals surface area contributed by atoms with Crippen molar-refractivity contribution < 1.29 is 14.3 Å². The Morgan fingerprint density at radius 2 is 1.78 bits per heavy atom. The minimum absolute atomic E-state index is 0.361. The van der Waals surface area contributed by atoms with Gasteiger partial charge in [0, 0.05) is 11.8 Å². The molecule has 0 saturated heterocycles. The molecule has 2 aromatic rings. The largest absolute Gasteiger partial charge is 0.487 e. The van der Waals surface area contributed by atoms with Crippen molar-refractivity contribution >= 4 is 11.7 Å². The van der Waals surface area contributed by atoms with Gasteiger partial charge in [-0.25, -0.2) is 4.79 Å². The molecule has 2 rings (SSSR count). The van der Waals surface area contributed by atoms with Gasteiger partial charge in [0.1, 0.15) is 12.4 Å². The molecule has 0 fully saturated rings. The number of anilines is 1. The minimum Gasteiger partial charge on any atom is -0.487 e. The number of allylic oxidation sites excluding steroid dienone is 1. The first-order valence-electron chi connectivity index (χ1n) is 7.57. The third-order valence-electron chi connectivity index (χ3n) is 3.08. The molecule has 4 nitrogen and oxygen atoms in total. The van der Waals surface area contributed by atoms with Crippen molar-refractivity contribution in [3.63, 3.8) is 0 Å². The van der Waals surface area contributed by atoms with E-state index in [0.717, 1.165) is 17.0 Å². The van der Waals surface area contributed by atoms with Gasteiger partial charge in [-0.1, -0.05) is 42.5 Å². The second-order valence-corrected chi connectivity index (χ2v) is 4.97. The van der Waals surface area contributed by atoms with Gasteiger partial charge in [0.2, 0.25) is 0 Å². The van der Waals surface area contributed by atoms with Crippen LogP contribution in [-0.4, -0.2) is 12.6 Å². The van der Waals surface area contributed by atoms with Crippen LogP contribution in [-0.2, 0) is 16.1 Å². The third kappa shape index (κ3) is 5.51. The van der Waals surface area contributed by atoms with Crippen molar-refractivity contribution in [2.75, 3.05) is 11.9 Å². The normalized spacial score (nSPS) is 11.0. The fraction of sp³-hybridized carbons (Fsp3) is 0.211. The molecule has 23 heavy (non-hydrogen) atoms. The maximum Gasteiger partial charge on any atom is 0.332 e. The van der Waals surface area contributed by atoms with E-state index in [1.54, 1.807) is 6.92 Å². The molecular weight excluding hydrogens is 290 g/mol. The molecular formula is C19H21NO3. The first kappa shape index (κ1) is 16.6. The van der Waals surface area contributed by atoms with E-state index in [9.17, 15) is 4.79 Å². The van der Waals surface area contributed by atoms with Crippen LogP contribution in [0.2, 0.25) is 0 Å². The summed E-state index contributed by atoms with van der Waals surface area (Å²) in [5.74, 6) is 0.369. The molecule has 1 N–H and O–H groups in total. The molecule has 0 aromatic heterocycles. The van der Waals surface area contributed by atoms with E-state index in [0.29, 0.717) is 18.9 Å². The summed E-state index contributed by atoms with van der Waals surface area (Å²) in [4.78, 5) is 11.5. The van der Waals surface area contributed by atoms with Crippen molar-refractivity contribution in [3.05, 3.63) is 71.9 Å². The predicted molar refractivity (Wildman–Crippen MR) is 91.2 cm³/mol. The van der Waals surface area contributed by atoms with Crippen LogP contribution in [0.3, 0.4) is 0 Å². The zero-order chi connectivity index (χ0) is 16.5. The molecule has 0 aliphatic rings. The average molecular weight is 311 g/mol. The van der Waals surface area contributed by atoms with Crippen LogP contribution < -0.4 is 10.1 Å². The summed E-state index contributed by atoms with van der Waals surface area (Å²) < 4.78 is 10.8. The highest BCUT2D eigenvalue weighted by Crippen LogP contribution is 2.26. The van der Waals surface area contributed by atoms with Gasteiger partial charge in [0.25, 0.3) is 0 Å². The smallest absolute Gasteiger partial charge is 0.332 e. The first-order valence-corrected chi connectivity index (χ1v) is 7.57. The zero-order valence-corrected chi connectivity index (χ0v) is 13.4. The molecule has 0 spiro atoms. The molecule has 0 aliphatic carbocycles. The first-order chi connectivity index (χ1) is 11.2. The van der Waals surface area contributed by atoms with E-state index in [4.69, 9.17) is 9.47 Å². The lowest BCUT2D eigenvalue weighted by Crippen LogP contribution is -2.05. The maximum absolute atomic E-state index is 11.5. The molecule has 0 aliphatic heterocycles. The number of esters is 1. The maximum atomic E-state index is 11.5. The van der Waals surface area contributed by atoms with Gasteiger partial charge in [-0.2, -0.15) is 0 Å². The molecule has 0 atom stereocenters. The highest BCUT2D eigenvalue weighted by Gasteiger charge is 2.05. The summed E-state index contributed by atoms with van der Waals surface area (Å²) in [5.41, 5.74) is 2.60. The van der Waals surface area contributed by atoms with Crippen molar-refractivity contribution in [2.24, 2.45) is 0 Å². The standard InChI is InChI=1S/C19H21NO3/c1-3-22-19(21)13-15(2)20-17-11-7-8-12-18(17)23-14-16-9-5-4-6-10-16/h4-13,20H,3,14H2,1-2H3. The minimum atomic E-state index is -0.361. The highest BCUT2D eigenvalue weighted by molar-refractivity contribution is 5.83. The van der Waals surface area contributed by atoms with E-state index in [2.05, 4.69) is 5.32 Å². The quantitative estimate of drug-likeness (QED) is 0.616. The second-order valence-electron chi connectivity index (χ2n) is 4.97. The third-order valence-corrected chi connectivity index (χ3v) is 3.08. The van der Waals surface area contributed by atoms with Crippen molar-refractivity contribution in [1.29, 1.82) is 0 Å². The Bertz CT molecular complexity index is 665. The fourth-order valence-electron chi connectivity index (χ4n) is 2.04. The van der Waals surface area contributed by atoms with E-state index < -0.39 is 0 Å². The number of ether oxygens (including phenoxy) is 2. The summed E-state index contributed by atoms with van der Waals surface area (Å²) in [5, 5.41) is 3.17. The summed E-state index contributed by atoms with van der Waals surface area (Å²) in [6.45, 7) is 4.44. The summed E-state index contributed by atoms with van der Waals surface area (Å²) in [7, 11) is 0. The van der Waals surface area contributed by atoms with Crippen LogP contribution >= 0.6 is 0 Å². The number of carbonyl (C=O) groups excluding carboxylic acids is 1. The van der Waals surface area contributed by atoms with Gasteiger partial charge in [-0.3, -0.25) is 0 Å². The monoisotopic (exact) mass is 311 g/mol. The Morgan fingerprint density at radius 1 is 1.09 bits per heavy atom. The van der Waals surface area contributed by atoms with Crippen LogP contribution in [0.1, 0.15) is 19.4 Å². The lowest BCUT2D eigenvalue weighted by Gasteiger charge is -2.13. The van der Waals surface area contributed by atoms with Crippen LogP contribution in [0.25, 0.3) is 0 Å². The van der Waals surface area contributed by atoms with Gasteiger partial charge in [-0.05, 0) is 31.5 Å². The summed E-state index contributed by atoms with van der Waals surface area (Å²) >= 11 is 0. The van der Waals surface area contributed by atoms with Gasteiger partial charge in [0.15, 0.2) is 0 Å². The number of benzene rings is 2. The SMILES string of the molecule is CCOC(=O)C=C(C)Nc1ccccc1OCc1ccccc1. The number of hydrogen-bond donors (Lipinski definition) is 1. The lowest BCUT2D eigenvalue weighted by molar-refractivity contribution is -0.137.